The minimum Gasteiger partial charge on any atom is -0.497 e. The lowest BCUT2D eigenvalue weighted by molar-refractivity contribution is 0.354. The van der Waals surface area contributed by atoms with Gasteiger partial charge in [0, 0.05) is 28.8 Å². The van der Waals surface area contributed by atoms with E-state index in [0.29, 0.717) is 5.75 Å². The van der Waals surface area contributed by atoms with E-state index < -0.39 is 0 Å². The van der Waals surface area contributed by atoms with Gasteiger partial charge in [-0.1, -0.05) is 13.0 Å². The number of anilines is 2. The van der Waals surface area contributed by atoms with Crippen molar-refractivity contribution in [2.75, 3.05) is 26.6 Å². The van der Waals surface area contributed by atoms with Gasteiger partial charge in [0.1, 0.15) is 11.6 Å². The number of nitrogens with zero attached hydrogens (tertiary/aromatic N) is 1. The maximum Gasteiger partial charge on any atom is 0.161 e. The molecule has 1 aliphatic rings. The first-order chi connectivity index (χ1) is 12.7. The molecule has 3 aromatic rings. The maximum absolute atomic E-state index is 5.45. The minimum absolute atomic E-state index is 0.187. The average Bonchev–Trinajstić information content (AvgIpc) is 3.20. The van der Waals surface area contributed by atoms with Gasteiger partial charge >= 0.3 is 0 Å². The van der Waals surface area contributed by atoms with Gasteiger partial charge in [-0.3, -0.25) is 5.10 Å². The predicted molar refractivity (Wildman–Crippen MR) is 101 cm³/mol. The van der Waals surface area contributed by atoms with Crippen LogP contribution < -0.4 is 19.5 Å². The molecule has 1 aromatic heterocycles. The quantitative estimate of drug-likeness (QED) is 0.717. The zero-order valence-corrected chi connectivity index (χ0v) is 15.2. The SMILES string of the molecule is COc1cccc(Nc2[nH]nc3c2C(C)c2cc(OC)c(OC)cc2-3)c1. The smallest absolute Gasteiger partial charge is 0.161 e. The van der Waals surface area contributed by atoms with Crippen molar-refractivity contribution in [1.82, 2.24) is 10.2 Å². The Balaban J connectivity index is 1.74. The van der Waals surface area contributed by atoms with Crippen molar-refractivity contribution >= 4 is 11.5 Å². The van der Waals surface area contributed by atoms with E-state index in [1.54, 1.807) is 21.3 Å². The highest BCUT2D eigenvalue weighted by Crippen LogP contribution is 2.50. The summed E-state index contributed by atoms with van der Waals surface area (Å²) in [5, 5.41) is 11.1. The van der Waals surface area contributed by atoms with Gasteiger partial charge in [0.2, 0.25) is 0 Å². The van der Waals surface area contributed by atoms with Crippen molar-refractivity contribution in [3.63, 3.8) is 0 Å². The van der Waals surface area contributed by atoms with Crippen LogP contribution in [0.3, 0.4) is 0 Å². The Labute approximate surface area is 152 Å². The van der Waals surface area contributed by atoms with Crippen molar-refractivity contribution in [2.24, 2.45) is 0 Å². The van der Waals surface area contributed by atoms with Crippen LogP contribution in [-0.4, -0.2) is 31.5 Å². The van der Waals surface area contributed by atoms with E-state index in [0.717, 1.165) is 39.8 Å². The molecule has 0 saturated carbocycles. The molecule has 0 aliphatic heterocycles. The normalized spacial score (nSPS) is 14.5. The van der Waals surface area contributed by atoms with Crippen LogP contribution in [0.25, 0.3) is 11.3 Å². The Bertz CT molecular complexity index is 965. The lowest BCUT2D eigenvalue weighted by Gasteiger charge is -2.13. The third-order valence-corrected chi connectivity index (χ3v) is 4.85. The second-order valence-corrected chi connectivity index (χ2v) is 6.23. The van der Waals surface area contributed by atoms with Crippen LogP contribution in [0.2, 0.25) is 0 Å². The molecule has 134 valence electrons. The van der Waals surface area contributed by atoms with Gasteiger partial charge in [-0.15, -0.1) is 0 Å². The van der Waals surface area contributed by atoms with Crippen molar-refractivity contribution < 1.29 is 14.2 Å². The van der Waals surface area contributed by atoms with E-state index >= 15 is 0 Å². The molecule has 0 bridgehead atoms. The first-order valence-corrected chi connectivity index (χ1v) is 8.42. The standard InChI is InChI=1S/C20H21N3O3/c1-11-14-9-16(25-3)17(26-4)10-15(14)19-18(11)20(23-22-19)21-12-6-5-7-13(8-12)24-2/h5-11H,1-4H3,(H2,21,22,23). The summed E-state index contributed by atoms with van der Waals surface area (Å²) in [6.07, 6.45) is 0. The minimum atomic E-state index is 0.187. The van der Waals surface area contributed by atoms with Crippen LogP contribution in [0.4, 0.5) is 11.5 Å². The van der Waals surface area contributed by atoms with Crippen molar-refractivity contribution in [2.45, 2.75) is 12.8 Å². The Morgan fingerprint density at radius 3 is 2.50 bits per heavy atom. The molecular weight excluding hydrogens is 330 g/mol. The molecule has 2 aromatic carbocycles. The lowest BCUT2D eigenvalue weighted by atomic mass is 9.99. The van der Waals surface area contributed by atoms with E-state index in [2.05, 4.69) is 22.4 Å². The Kier molecular flexibility index (Phi) is 3.95. The molecule has 1 unspecified atom stereocenters. The fourth-order valence-corrected chi connectivity index (χ4v) is 3.53. The molecule has 1 heterocycles. The van der Waals surface area contributed by atoms with Crippen molar-refractivity contribution in [3.8, 4) is 28.5 Å². The number of hydrogen-bond acceptors (Lipinski definition) is 5. The van der Waals surface area contributed by atoms with Crippen LogP contribution in [0, 0.1) is 0 Å². The zero-order valence-electron chi connectivity index (χ0n) is 15.2. The van der Waals surface area contributed by atoms with Gasteiger partial charge in [0.05, 0.1) is 27.0 Å². The molecular formula is C20H21N3O3. The third kappa shape index (κ3) is 2.45. The second-order valence-electron chi connectivity index (χ2n) is 6.23. The lowest BCUT2D eigenvalue weighted by Crippen LogP contribution is -1.99. The van der Waals surface area contributed by atoms with Gasteiger partial charge in [0.25, 0.3) is 0 Å². The number of rotatable bonds is 5. The van der Waals surface area contributed by atoms with Crippen molar-refractivity contribution in [1.29, 1.82) is 0 Å². The summed E-state index contributed by atoms with van der Waals surface area (Å²) in [6, 6.07) is 11.8. The molecule has 0 fully saturated rings. The Hall–Kier alpha value is -3.15. The summed E-state index contributed by atoms with van der Waals surface area (Å²) in [4.78, 5) is 0. The van der Waals surface area contributed by atoms with E-state index in [4.69, 9.17) is 14.2 Å². The number of benzene rings is 2. The highest BCUT2D eigenvalue weighted by Gasteiger charge is 2.32. The molecule has 0 saturated heterocycles. The molecule has 1 atom stereocenters. The van der Waals surface area contributed by atoms with Gasteiger partial charge in [-0.2, -0.15) is 5.10 Å². The molecule has 2 N–H and O–H groups in total. The summed E-state index contributed by atoms with van der Waals surface area (Å²) in [6.45, 7) is 2.17. The number of hydrogen-bond donors (Lipinski definition) is 2. The summed E-state index contributed by atoms with van der Waals surface area (Å²) in [7, 11) is 4.95. The van der Waals surface area contributed by atoms with Crippen LogP contribution >= 0.6 is 0 Å². The molecule has 4 rings (SSSR count). The van der Waals surface area contributed by atoms with Crippen LogP contribution in [-0.2, 0) is 0 Å². The number of aromatic nitrogens is 2. The molecule has 0 spiro atoms. The highest BCUT2D eigenvalue weighted by molar-refractivity contribution is 5.83. The number of H-pyrrole nitrogens is 1. The number of methoxy groups -OCH3 is 3. The third-order valence-electron chi connectivity index (χ3n) is 4.85. The number of aromatic amines is 1. The van der Waals surface area contributed by atoms with E-state index in [9.17, 15) is 0 Å². The van der Waals surface area contributed by atoms with E-state index in [1.165, 1.54) is 5.56 Å². The number of fused-ring (bicyclic) bond motifs is 3. The number of ether oxygens (including phenoxy) is 3. The summed E-state index contributed by atoms with van der Waals surface area (Å²) < 4.78 is 16.2. The molecule has 26 heavy (non-hydrogen) atoms. The monoisotopic (exact) mass is 351 g/mol. The Morgan fingerprint density at radius 1 is 1.00 bits per heavy atom. The van der Waals surface area contributed by atoms with E-state index in [1.807, 2.05) is 36.4 Å². The first kappa shape index (κ1) is 16.3. The Morgan fingerprint density at radius 2 is 1.77 bits per heavy atom. The summed E-state index contributed by atoms with van der Waals surface area (Å²) in [5.74, 6) is 3.31. The molecule has 6 nitrogen and oxygen atoms in total. The molecule has 1 aliphatic carbocycles. The van der Waals surface area contributed by atoms with Gasteiger partial charge < -0.3 is 19.5 Å². The predicted octanol–water partition coefficient (Wildman–Crippen LogP) is 4.31. The highest BCUT2D eigenvalue weighted by atomic mass is 16.5. The fourth-order valence-electron chi connectivity index (χ4n) is 3.53. The average molecular weight is 351 g/mol. The first-order valence-electron chi connectivity index (χ1n) is 8.42. The van der Waals surface area contributed by atoms with Crippen molar-refractivity contribution in [3.05, 3.63) is 47.5 Å². The number of nitrogens with one attached hydrogen (secondary N) is 2. The van der Waals surface area contributed by atoms with Crippen LogP contribution in [0.15, 0.2) is 36.4 Å². The fraction of sp³-hybridized carbons (Fsp3) is 0.250. The maximum atomic E-state index is 5.45. The zero-order chi connectivity index (χ0) is 18.3. The second kappa shape index (κ2) is 6.29. The molecule has 0 amide bonds. The topological polar surface area (TPSA) is 68.4 Å². The van der Waals surface area contributed by atoms with Gasteiger partial charge in [-0.25, -0.2) is 0 Å². The largest absolute Gasteiger partial charge is 0.497 e. The van der Waals surface area contributed by atoms with Crippen LogP contribution in [0.1, 0.15) is 24.0 Å². The van der Waals surface area contributed by atoms with Crippen LogP contribution in [0.5, 0.6) is 17.2 Å². The van der Waals surface area contributed by atoms with Gasteiger partial charge in [0.15, 0.2) is 11.5 Å². The van der Waals surface area contributed by atoms with E-state index in [-0.39, 0.29) is 5.92 Å². The summed E-state index contributed by atoms with van der Waals surface area (Å²) >= 11 is 0. The molecule has 6 heteroatoms. The van der Waals surface area contributed by atoms with Gasteiger partial charge in [-0.05, 0) is 29.8 Å². The molecule has 0 radical (unpaired) electrons. The summed E-state index contributed by atoms with van der Waals surface area (Å²) in [5.41, 5.74) is 5.27.